The van der Waals surface area contributed by atoms with Crippen LogP contribution in [0.25, 0.3) is 6.08 Å². The fourth-order valence-electron chi connectivity index (χ4n) is 2.24. The molecule has 0 aliphatic rings. The molecule has 138 valence electrons. The van der Waals surface area contributed by atoms with Crippen molar-refractivity contribution in [2.75, 3.05) is 11.9 Å². The predicted molar refractivity (Wildman–Crippen MR) is 105 cm³/mol. The largest absolute Gasteiger partial charge is 0.451 e. The van der Waals surface area contributed by atoms with E-state index in [2.05, 4.69) is 19.2 Å². The molecule has 1 amide bonds. The number of nitriles is 1. The molecular formula is C21H19ClN2O3. The number of esters is 1. The molecular weight excluding hydrogens is 364 g/mol. The molecule has 0 aliphatic heterocycles. The number of amides is 1. The van der Waals surface area contributed by atoms with Crippen LogP contribution in [0.4, 0.5) is 5.69 Å². The Kier molecular flexibility index (Phi) is 7.16. The van der Waals surface area contributed by atoms with Gasteiger partial charge in [0.1, 0.15) is 11.6 Å². The molecule has 27 heavy (non-hydrogen) atoms. The van der Waals surface area contributed by atoms with E-state index in [-0.39, 0.29) is 5.57 Å². The van der Waals surface area contributed by atoms with Crippen LogP contribution in [0.3, 0.4) is 0 Å². The summed E-state index contributed by atoms with van der Waals surface area (Å²) in [7, 11) is 0. The molecule has 2 rings (SSSR count). The molecule has 2 aromatic carbocycles. The highest BCUT2D eigenvalue weighted by Gasteiger charge is 2.14. The van der Waals surface area contributed by atoms with Crippen molar-refractivity contribution in [3.8, 4) is 6.07 Å². The van der Waals surface area contributed by atoms with Crippen molar-refractivity contribution in [3.05, 3.63) is 70.3 Å². The normalized spacial score (nSPS) is 11.0. The van der Waals surface area contributed by atoms with Crippen LogP contribution in [-0.4, -0.2) is 18.5 Å². The molecule has 0 heterocycles. The van der Waals surface area contributed by atoms with Gasteiger partial charge in [-0.05, 0) is 35.3 Å². The van der Waals surface area contributed by atoms with Gasteiger partial charge in [0.15, 0.2) is 6.61 Å². The Balaban J connectivity index is 1.97. The number of hydrogen-bond acceptors (Lipinski definition) is 4. The Hall–Kier alpha value is -3.10. The van der Waals surface area contributed by atoms with Gasteiger partial charge in [0.25, 0.3) is 5.91 Å². The molecule has 6 heteroatoms. The summed E-state index contributed by atoms with van der Waals surface area (Å²) in [5.74, 6) is -1.02. The van der Waals surface area contributed by atoms with Crippen molar-refractivity contribution >= 4 is 35.2 Å². The highest BCUT2D eigenvalue weighted by Crippen LogP contribution is 2.20. The smallest absolute Gasteiger partial charge is 0.349 e. The van der Waals surface area contributed by atoms with Gasteiger partial charge in [-0.15, -0.1) is 0 Å². The number of para-hydroxylation sites is 1. The van der Waals surface area contributed by atoms with Gasteiger partial charge in [-0.2, -0.15) is 5.26 Å². The second kappa shape index (κ2) is 9.56. The SMILES string of the molecule is CC(C)c1ccc(/C=C(\C#N)C(=O)OCC(=O)Nc2ccccc2Cl)cc1. The molecule has 0 saturated carbocycles. The molecule has 0 unspecified atom stereocenters. The van der Waals surface area contributed by atoms with Crippen molar-refractivity contribution in [1.82, 2.24) is 0 Å². The highest BCUT2D eigenvalue weighted by atomic mass is 35.5. The number of hydrogen-bond donors (Lipinski definition) is 1. The van der Waals surface area contributed by atoms with Crippen LogP contribution in [0.5, 0.6) is 0 Å². The van der Waals surface area contributed by atoms with Crippen LogP contribution < -0.4 is 5.32 Å². The molecule has 0 bridgehead atoms. The summed E-state index contributed by atoms with van der Waals surface area (Å²) in [5.41, 5.74) is 2.09. The van der Waals surface area contributed by atoms with Gasteiger partial charge < -0.3 is 10.1 Å². The molecule has 0 radical (unpaired) electrons. The zero-order valence-electron chi connectivity index (χ0n) is 15.0. The number of anilines is 1. The maximum atomic E-state index is 12.1. The first-order chi connectivity index (χ1) is 12.9. The van der Waals surface area contributed by atoms with Gasteiger partial charge in [0.05, 0.1) is 10.7 Å². The Morgan fingerprint density at radius 2 is 1.85 bits per heavy atom. The zero-order chi connectivity index (χ0) is 19.8. The molecule has 2 aromatic rings. The number of halogens is 1. The molecule has 1 N–H and O–H groups in total. The lowest BCUT2D eigenvalue weighted by molar-refractivity contribution is -0.142. The minimum atomic E-state index is -0.861. The standard InChI is InChI=1S/C21H19ClN2O3/c1-14(2)16-9-7-15(8-10-16)11-17(12-23)21(26)27-13-20(25)24-19-6-4-3-5-18(19)22/h3-11,14H,13H2,1-2H3,(H,24,25)/b17-11+. The third kappa shape index (κ3) is 5.98. The second-order valence-electron chi connectivity index (χ2n) is 6.10. The molecule has 0 atom stereocenters. The van der Waals surface area contributed by atoms with E-state index in [9.17, 15) is 14.9 Å². The van der Waals surface area contributed by atoms with Crippen molar-refractivity contribution < 1.29 is 14.3 Å². The maximum absolute atomic E-state index is 12.1. The van der Waals surface area contributed by atoms with Gasteiger partial charge in [-0.3, -0.25) is 4.79 Å². The van der Waals surface area contributed by atoms with Gasteiger partial charge in [0.2, 0.25) is 0 Å². The summed E-state index contributed by atoms with van der Waals surface area (Å²) in [4.78, 5) is 23.9. The van der Waals surface area contributed by atoms with Gasteiger partial charge in [-0.1, -0.05) is 61.8 Å². The Morgan fingerprint density at radius 3 is 2.44 bits per heavy atom. The summed E-state index contributed by atoms with van der Waals surface area (Å²) in [6.45, 7) is 3.64. The number of carbonyl (C=O) groups excluding carboxylic acids is 2. The topological polar surface area (TPSA) is 79.2 Å². The molecule has 0 aromatic heterocycles. The number of nitrogens with zero attached hydrogens (tertiary/aromatic N) is 1. The molecule has 0 aliphatic carbocycles. The predicted octanol–water partition coefficient (Wildman–Crippen LogP) is 4.55. The van der Waals surface area contributed by atoms with Crippen LogP contribution >= 0.6 is 11.6 Å². The van der Waals surface area contributed by atoms with Crippen molar-refractivity contribution in [3.63, 3.8) is 0 Å². The minimum absolute atomic E-state index is 0.183. The van der Waals surface area contributed by atoms with Crippen molar-refractivity contribution in [1.29, 1.82) is 5.26 Å². The molecule has 0 saturated heterocycles. The van der Waals surface area contributed by atoms with Gasteiger partial charge >= 0.3 is 5.97 Å². The number of nitrogens with one attached hydrogen (secondary N) is 1. The van der Waals surface area contributed by atoms with E-state index in [0.717, 1.165) is 5.56 Å². The van der Waals surface area contributed by atoms with Gasteiger partial charge in [-0.25, -0.2) is 4.79 Å². The lowest BCUT2D eigenvalue weighted by Gasteiger charge is -2.08. The van der Waals surface area contributed by atoms with Crippen LogP contribution in [0, 0.1) is 11.3 Å². The Labute approximate surface area is 163 Å². The number of ether oxygens (including phenoxy) is 1. The zero-order valence-corrected chi connectivity index (χ0v) is 15.8. The van der Waals surface area contributed by atoms with E-state index >= 15 is 0 Å². The first-order valence-electron chi connectivity index (χ1n) is 8.34. The maximum Gasteiger partial charge on any atom is 0.349 e. The fraction of sp³-hybridized carbons (Fsp3) is 0.190. The third-order valence-corrected chi connectivity index (χ3v) is 4.07. The number of carbonyl (C=O) groups is 2. The van der Waals surface area contributed by atoms with E-state index in [4.69, 9.17) is 16.3 Å². The highest BCUT2D eigenvalue weighted by molar-refractivity contribution is 6.33. The minimum Gasteiger partial charge on any atom is -0.451 e. The van der Waals surface area contributed by atoms with E-state index < -0.39 is 18.5 Å². The fourth-order valence-corrected chi connectivity index (χ4v) is 2.42. The Morgan fingerprint density at radius 1 is 1.19 bits per heavy atom. The van der Waals surface area contributed by atoms with E-state index in [1.54, 1.807) is 30.3 Å². The summed E-state index contributed by atoms with van der Waals surface area (Å²) >= 11 is 5.95. The first kappa shape index (κ1) is 20.2. The quantitative estimate of drug-likeness (QED) is 0.451. The van der Waals surface area contributed by atoms with Crippen LogP contribution in [-0.2, 0) is 14.3 Å². The first-order valence-corrected chi connectivity index (χ1v) is 8.71. The van der Waals surface area contributed by atoms with E-state index in [0.29, 0.717) is 22.2 Å². The molecule has 5 nitrogen and oxygen atoms in total. The summed E-state index contributed by atoms with van der Waals surface area (Å²) in [5, 5.41) is 12.1. The molecule has 0 fully saturated rings. The van der Waals surface area contributed by atoms with E-state index in [1.165, 1.54) is 6.08 Å². The van der Waals surface area contributed by atoms with Crippen LogP contribution in [0.1, 0.15) is 30.9 Å². The lowest BCUT2D eigenvalue weighted by Crippen LogP contribution is -2.21. The number of rotatable bonds is 6. The van der Waals surface area contributed by atoms with E-state index in [1.807, 2.05) is 24.3 Å². The summed E-state index contributed by atoms with van der Waals surface area (Å²) < 4.78 is 4.92. The average Bonchev–Trinajstić information content (AvgIpc) is 2.66. The lowest BCUT2D eigenvalue weighted by atomic mass is 10.0. The van der Waals surface area contributed by atoms with Crippen molar-refractivity contribution in [2.45, 2.75) is 19.8 Å². The van der Waals surface area contributed by atoms with Crippen LogP contribution in [0.15, 0.2) is 54.1 Å². The number of benzene rings is 2. The Bertz CT molecular complexity index is 896. The average molecular weight is 383 g/mol. The van der Waals surface area contributed by atoms with Crippen molar-refractivity contribution in [2.24, 2.45) is 0 Å². The summed E-state index contributed by atoms with van der Waals surface area (Å²) in [6, 6.07) is 16.0. The van der Waals surface area contributed by atoms with Gasteiger partial charge in [0, 0.05) is 0 Å². The molecule has 0 spiro atoms. The third-order valence-electron chi connectivity index (χ3n) is 3.74. The summed E-state index contributed by atoms with van der Waals surface area (Å²) in [6.07, 6.45) is 1.43. The monoisotopic (exact) mass is 382 g/mol. The second-order valence-corrected chi connectivity index (χ2v) is 6.50. The van der Waals surface area contributed by atoms with Crippen LogP contribution in [0.2, 0.25) is 5.02 Å².